The number of rotatable bonds is 4. The van der Waals surface area contributed by atoms with Crippen molar-refractivity contribution in [3.05, 3.63) is 0 Å². The molecule has 1 aliphatic carbocycles. The molecular formula is C15H26N2O3. The summed E-state index contributed by atoms with van der Waals surface area (Å²) in [6.45, 7) is 4.47. The number of piperazine rings is 1. The van der Waals surface area contributed by atoms with Crippen molar-refractivity contribution in [1.29, 1.82) is 0 Å². The van der Waals surface area contributed by atoms with Crippen LogP contribution in [0, 0.1) is 5.92 Å². The number of hydrogen-bond acceptors (Lipinski definition) is 3. The van der Waals surface area contributed by atoms with Crippen molar-refractivity contribution in [2.75, 3.05) is 20.3 Å². The zero-order valence-electron chi connectivity index (χ0n) is 12.8. The van der Waals surface area contributed by atoms with Gasteiger partial charge in [-0.2, -0.15) is 0 Å². The van der Waals surface area contributed by atoms with E-state index in [0.717, 1.165) is 25.7 Å². The van der Waals surface area contributed by atoms with Crippen molar-refractivity contribution in [1.82, 2.24) is 10.2 Å². The molecule has 1 heterocycles. The van der Waals surface area contributed by atoms with Crippen LogP contribution >= 0.6 is 0 Å². The van der Waals surface area contributed by atoms with Crippen molar-refractivity contribution in [3.63, 3.8) is 0 Å². The second kappa shape index (κ2) is 6.12. The van der Waals surface area contributed by atoms with Crippen LogP contribution in [0.2, 0.25) is 0 Å². The lowest BCUT2D eigenvalue weighted by Crippen LogP contribution is -2.66. The number of nitrogens with one attached hydrogen (secondary N) is 1. The van der Waals surface area contributed by atoms with Gasteiger partial charge >= 0.3 is 0 Å². The number of nitrogens with zero attached hydrogens (tertiary/aromatic N) is 1. The van der Waals surface area contributed by atoms with Crippen LogP contribution in [0.4, 0.5) is 0 Å². The maximum atomic E-state index is 12.7. The molecule has 2 amide bonds. The number of amides is 2. The number of methoxy groups -OCH3 is 1. The Morgan fingerprint density at radius 2 is 1.90 bits per heavy atom. The first kappa shape index (κ1) is 15.3. The highest BCUT2D eigenvalue weighted by Gasteiger charge is 2.43. The molecule has 0 aromatic carbocycles. The Hall–Kier alpha value is -1.10. The van der Waals surface area contributed by atoms with E-state index in [9.17, 15) is 9.59 Å². The summed E-state index contributed by atoms with van der Waals surface area (Å²) in [4.78, 5) is 26.4. The molecule has 5 nitrogen and oxygen atoms in total. The van der Waals surface area contributed by atoms with Gasteiger partial charge in [-0.3, -0.25) is 9.59 Å². The van der Waals surface area contributed by atoms with Gasteiger partial charge in [-0.05, 0) is 32.6 Å². The van der Waals surface area contributed by atoms with E-state index < -0.39 is 5.54 Å². The molecular weight excluding hydrogens is 256 g/mol. The molecule has 0 spiro atoms. The van der Waals surface area contributed by atoms with Gasteiger partial charge < -0.3 is 15.0 Å². The Balaban J connectivity index is 2.14. The van der Waals surface area contributed by atoms with Gasteiger partial charge in [0.15, 0.2) is 0 Å². The molecule has 0 aromatic heterocycles. The standard InChI is InChI=1S/C15H26N2O3/c1-15(2,10-20-3)17-9-12(18)16-13(14(17)19)11-7-5-4-6-8-11/h11,13H,4-10H2,1-3H3,(H,16,18). The van der Waals surface area contributed by atoms with Crippen LogP contribution < -0.4 is 5.32 Å². The highest BCUT2D eigenvalue weighted by Crippen LogP contribution is 2.30. The Bertz CT molecular complexity index is 375. The second-order valence-corrected chi connectivity index (χ2v) is 6.61. The summed E-state index contributed by atoms with van der Waals surface area (Å²) < 4.78 is 5.20. The summed E-state index contributed by atoms with van der Waals surface area (Å²) in [6, 6.07) is -0.340. The lowest BCUT2D eigenvalue weighted by Gasteiger charge is -2.44. The van der Waals surface area contributed by atoms with E-state index in [1.807, 2.05) is 13.8 Å². The Labute approximate surface area is 121 Å². The second-order valence-electron chi connectivity index (χ2n) is 6.61. The Morgan fingerprint density at radius 1 is 1.25 bits per heavy atom. The molecule has 1 atom stereocenters. The number of ether oxygens (including phenoxy) is 1. The van der Waals surface area contributed by atoms with Gasteiger partial charge in [0.25, 0.3) is 0 Å². The predicted octanol–water partition coefficient (Wildman–Crippen LogP) is 1.32. The van der Waals surface area contributed by atoms with Gasteiger partial charge in [-0.1, -0.05) is 19.3 Å². The molecule has 1 N–H and O–H groups in total. The van der Waals surface area contributed by atoms with Crippen molar-refractivity contribution < 1.29 is 14.3 Å². The molecule has 20 heavy (non-hydrogen) atoms. The predicted molar refractivity (Wildman–Crippen MR) is 76.2 cm³/mol. The van der Waals surface area contributed by atoms with E-state index in [4.69, 9.17) is 4.74 Å². The fraction of sp³-hybridized carbons (Fsp3) is 0.867. The number of carbonyl (C=O) groups excluding carboxylic acids is 2. The van der Waals surface area contributed by atoms with E-state index in [1.54, 1.807) is 12.0 Å². The van der Waals surface area contributed by atoms with Crippen LogP contribution in [0.5, 0.6) is 0 Å². The summed E-state index contributed by atoms with van der Waals surface area (Å²) in [6.07, 6.45) is 5.63. The topological polar surface area (TPSA) is 58.6 Å². The molecule has 114 valence electrons. The smallest absolute Gasteiger partial charge is 0.246 e. The monoisotopic (exact) mass is 282 g/mol. The first-order valence-corrected chi connectivity index (χ1v) is 7.55. The molecule has 0 radical (unpaired) electrons. The van der Waals surface area contributed by atoms with Crippen LogP contribution in [0.1, 0.15) is 46.0 Å². The van der Waals surface area contributed by atoms with Crippen LogP contribution in [-0.4, -0.2) is 48.6 Å². The average molecular weight is 282 g/mol. The zero-order valence-corrected chi connectivity index (χ0v) is 12.8. The highest BCUT2D eigenvalue weighted by molar-refractivity contribution is 5.95. The molecule has 1 unspecified atom stereocenters. The van der Waals surface area contributed by atoms with E-state index in [2.05, 4.69) is 5.32 Å². The summed E-state index contributed by atoms with van der Waals surface area (Å²) in [7, 11) is 1.62. The van der Waals surface area contributed by atoms with E-state index >= 15 is 0 Å². The van der Waals surface area contributed by atoms with Crippen LogP contribution in [0.3, 0.4) is 0 Å². The Kier molecular flexibility index (Phi) is 4.68. The normalized spacial score (nSPS) is 25.8. The minimum atomic E-state index is -0.448. The van der Waals surface area contributed by atoms with Gasteiger partial charge in [0.2, 0.25) is 11.8 Å². The molecule has 2 rings (SSSR count). The maximum absolute atomic E-state index is 12.7. The molecule has 1 aliphatic heterocycles. The third kappa shape index (κ3) is 3.14. The fourth-order valence-corrected chi connectivity index (χ4v) is 3.40. The molecule has 2 aliphatic rings. The first-order chi connectivity index (χ1) is 9.45. The largest absolute Gasteiger partial charge is 0.382 e. The van der Waals surface area contributed by atoms with Crippen molar-refractivity contribution in [3.8, 4) is 0 Å². The lowest BCUT2D eigenvalue weighted by atomic mass is 9.82. The SMILES string of the molecule is COCC(C)(C)N1CC(=O)NC(C2CCCCC2)C1=O. The van der Waals surface area contributed by atoms with E-state index in [-0.39, 0.29) is 24.4 Å². The molecule has 1 saturated heterocycles. The van der Waals surface area contributed by atoms with Crippen molar-refractivity contribution >= 4 is 11.8 Å². The minimum Gasteiger partial charge on any atom is -0.382 e. The van der Waals surface area contributed by atoms with Gasteiger partial charge in [-0.25, -0.2) is 0 Å². The maximum Gasteiger partial charge on any atom is 0.246 e. The average Bonchev–Trinajstić information content (AvgIpc) is 2.42. The summed E-state index contributed by atoms with van der Waals surface area (Å²) in [5.41, 5.74) is -0.448. The molecule has 0 bridgehead atoms. The molecule has 0 aromatic rings. The zero-order chi connectivity index (χ0) is 14.8. The summed E-state index contributed by atoms with van der Waals surface area (Å²) >= 11 is 0. The van der Waals surface area contributed by atoms with E-state index in [0.29, 0.717) is 12.5 Å². The fourth-order valence-electron chi connectivity index (χ4n) is 3.40. The van der Waals surface area contributed by atoms with Gasteiger partial charge in [-0.15, -0.1) is 0 Å². The van der Waals surface area contributed by atoms with Crippen LogP contribution in [0.25, 0.3) is 0 Å². The first-order valence-electron chi connectivity index (χ1n) is 7.55. The van der Waals surface area contributed by atoms with Gasteiger partial charge in [0.05, 0.1) is 12.1 Å². The Morgan fingerprint density at radius 3 is 2.50 bits per heavy atom. The van der Waals surface area contributed by atoms with Gasteiger partial charge in [0, 0.05) is 7.11 Å². The van der Waals surface area contributed by atoms with Crippen LogP contribution in [0.15, 0.2) is 0 Å². The van der Waals surface area contributed by atoms with E-state index in [1.165, 1.54) is 6.42 Å². The minimum absolute atomic E-state index is 0.0515. The summed E-state index contributed by atoms with van der Waals surface area (Å²) in [5.74, 6) is 0.296. The highest BCUT2D eigenvalue weighted by atomic mass is 16.5. The number of carbonyl (C=O) groups is 2. The summed E-state index contributed by atoms with van der Waals surface area (Å²) in [5, 5.41) is 2.91. The number of hydrogen-bond donors (Lipinski definition) is 1. The quantitative estimate of drug-likeness (QED) is 0.846. The third-order valence-corrected chi connectivity index (χ3v) is 4.50. The third-order valence-electron chi connectivity index (χ3n) is 4.50. The van der Waals surface area contributed by atoms with Crippen molar-refractivity contribution in [2.24, 2.45) is 5.92 Å². The molecule has 5 heteroatoms. The van der Waals surface area contributed by atoms with Gasteiger partial charge in [0.1, 0.15) is 12.6 Å². The molecule has 1 saturated carbocycles. The van der Waals surface area contributed by atoms with Crippen molar-refractivity contribution in [2.45, 2.75) is 57.5 Å². The molecule has 2 fully saturated rings. The van der Waals surface area contributed by atoms with Crippen LogP contribution in [-0.2, 0) is 14.3 Å². The lowest BCUT2D eigenvalue weighted by molar-refractivity contribution is -0.153.